The Morgan fingerprint density at radius 3 is 1.82 bits per heavy atom. The summed E-state index contributed by atoms with van der Waals surface area (Å²) in [4.78, 5) is 34.3. The Balaban J connectivity index is 0.000000406. The third kappa shape index (κ3) is 10.2. The van der Waals surface area contributed by atoms with Gasteiger partial charge in [0.25, 0.3) is 5.91 Å². The minimum Gasteiger partial charge on any atom is -0.481 e. The molecule has 1 rings (SSSR count). The molecule has 6 N–H and O–H groups in total. The number of carbonyl (C=O) groups excluding carboxylic acids is 1. The van der Waals surface area contributed by atoms with Crippen molar-refractivity contribution >= 4 is 23.5 Å². The van der Waals surface area contributed by atoms with Gasteiger partial charge in [-0.25, -0.2) is 4.98 Å². The number of pyridine rings is 1. The Hall–Kier alpha value is -2.64. The molecule has 122 valence electrons. The number of rotatable bonds is 8. The number of unbranched alkanes of at least 4 members (excludes halogenated alkanes) is 3. The summed E-state index contributed by atoms with van der Waals surface area (Å²) in [5.41, 5.74) is 10.7. The highest BCUT2D eigenvalue weighted by Crippen LogP contribution is 2.05. The Morgan fingerprint density at radius 2 is 1.50 bits per heavy atom. The first-order valence-corrected chi connectivity index (χ1v) is 6.78. The largest absolute Gasteiger partial charge is 0.481 e. The predicted molar refractivity (Wildman–Crippen MR) is 80.1 cm³/mol. The maximum Gasteiger partial charge on any atom is 0.303 e. The van der Waals surface area contributed by atoms with Crippen LogP contribution in [0.2, 0.25) is 0 Å². The molecule has 0 fully saturated rings. The van der Waals surface area contributed by atoms with Gasteiger partial charge in [0.15, 0.2) is 5.69 Å². The van der Waals surface area contributed by atoms with Crippen molar-refractivity contribution in [2.75, 3.05) is 5.73 Å². The van der Waals surface area contributed by atoms with Crippen LogP contribution < -0.4 is 11.5 Å². The molecule has 0 aliphatic heterocycles. The normalized spacial score (nSPS) is 9.45. The second-order valence-electron chi connectivity index (χ2n) is 4.51. The Labute approximate surface area is 128 Å². The van der Waals surface area contributed by atoms with Gasteiger partial charge < -0.3 is 21.7 Å². The molecule has 0 aliphatic rings. The van der Waals surface area contributed by atoms with Crippen molar-refractivity contribution in [3.05, 3.63) is 24.0 Å². The van der Waals surface area contributed by atoms with E-state index in [0.717, 1.165) is 12.8 Å². The first-order chi connectivity index (χ1) is 10.3. The number of carboxylic acid groups (broad SMARTS) is 2. The third-order valence-corrected chi connectivity index (χ3v) is 2.60. The van der Waals surface area contributed by atoms with Crippen LogP contribution in [0.5, 0.6) is 0 Å². The molecule has 0 bridgehead atoms. The van der Waals surface area contributed by atoms with Gasteiger partial charge in [-0.2, -0.15) is 0 Å². The monoisotopic (exact) mass is 311 g/mol. The van der Waals surface area contributed by atoms with Crippen molar-refractivity contribution in [1.29, 1.82) is 0 Å². The number of hydrogen-bond donors (Lipinski definition) is 4. The fraction of sp³-hybridized carbons (Fsp3) is 0.429. The summed E-state index contributed by atoms with van der Waals surface area (Å²) in [5.74, 6) is -2.17. The molecule has 0 spiro atoms. The summed E-state index contributed by atoms with van der Waals surface area (Å²) in [6.07, 6.45) is 4.75. The lowest BCUT2D eigenvalue weighted by Gasteiger charge is -1.96. The summed E-state index contributed by atoms with van der Waals surface area (Å²) < 4.78 is 0. The molecule has 1 heterocycles. The highest BCUT2D eigenvalue weighted by atomic mass is 16.4. The fourth-order valence-electron chi connectivity index (χ4n) is 1.53. The lowest BCUT2D eigenvalue weighted by Crippen LogP contribution is -2.15. The lowest BCUT2D eigenvalue weighted by atomic mass is 10.1. The van der Waals surface area contributed by atoms with Crippen molar-refractivity contribution in [2.24, 2.45) is 5.73 Å². The average molecular weight is 311 g/mol. The summed E-state index contributed by atoms with van der Waals surface area (Å²) in [5, 5.41) is 16.5. The van der Waals surface area contributed by atoms with Gasteiger partial charge in [0.1, 0.15) is 0 Å². The Bertz CT molecular complexity index is 487. The van der Waals surface area contributed by atoms with E-state index in [2.05, 4.69) is 4.98 Å². The van der Waals surface area contributed by atoms with Gasteiger partial charge in [0, 0.05) is 19.0 Å². The van der Waals surface area contributed by atoms with Crippen LogP contribution in [0.3, 0.4) is 0 Å². The van der Waals surface area contributed by atoms with Crippen molar-refractivity contribution in [1.82, 2.24) is 4.98 Å². The van der Waals surface area contributed by atoms with Gasteiger partial charge in [0.2, 0.25) is 0 Å². The molecular weight excluding hydrogens is 290 g/mol. The number of nitrogens with two attached hydrogens (primary N) is 2. The maximum absolute atomic E-state index is 10.5. The molecule has 0 aromatic carbocycles. The molecule has 1 amide bonds. The summed E-state index contributed by atoms with van der Waals surface area (Å²) >= 11 is 0. The highest BCUT2D eigenvalue weighted by Gasteiger charge is 2.03. The standard InChI is InChI=1S/C8H14O4.C6H7N3O/c9-7(10)5-3-1-2-4-6-8(11)12;7-4-2-1-3-9-5(4)6(8)10/h1-6H2,(H,9,10)(H,11,12);1-3H,7H2,(H2,8,10). The summed E-state index contributed by atoms with van der Waals surface area (Å²) in [6.45, 7) is 0. The number of aromatic nitrogens is 1. The second-order valence-corrected chi connectivity index (χ2v) is 4.51. The van der Waals surface area contributed by atoms with Crippen LogP contribution in [0.25, 0.3) is 0 Å². The van der Waals surface area contributed by atoms with E-state index in [4.69, 9.17) is 21.7 Å². The van der Waals surface area contributed by atoms with Crippen LogP contribution >= 0.6 is 0 Å². The first-order valence-electron chi connectivity index (χ1n) is 6.78. The number of nitrogens with zero attached hydrogens (tertiary/aromatic N) is 1. The van der Waals surface area contributed by atoms with E-state index in [1.807, 2.05) is 0 Å². The molecule has 0 unspecified atom stereocenters. The molecule has 0 atom stereocenters. The second kappa shape index (κ2) is 11.1. The van der Waals surface area contributed by atoms with Gasteiger partial charge in [-0.3, -0.25) is 14.4 Å². The smallest absolute Gasteiger partial charge is 0.303 e. The molecule has 8 nitrogen and oxygen atoms in total. The van der Waals surface area contributed by atoms with E-state index in [1.54, 1.807) is 12.1 Å². The van der Waals surface area contributed by atoms with Crippen LogP contribution in [0, 0.1) is 0 Å². The molecule has 0 saturated carbocycles. The van der Waals surface area contributed by atoms with E-state index in [-0.39, 0.29) is 18.5 Å². The van der Waals surface area contributed by atoms with E-state index < -0.39 is 17.8 Å². The molecule has 22 heavy (non-hydrogen) atoms. The molecule has 8 heteroatoms. The van der Waals surface area contributed by atoms with Crippen LogP contribution in [-0.2, 0) is 9.59 Å². The molecule has 1 aromatic rings. The zero-order valence-corrected chi connectivity index (χ0v) is 12.2. The number of hydrogen-bond acceptors (Lipinski definition) is 5. The van der Waals surface area contributed by atoms with Crippen LogP contribution in [0.4, 0.5) is 5.69 Å². The number of carbonyl (C=O) groups is 3. The number of anilines is 1. The SMILES string of the molecule is NC(=O)c1ncccc1N.O=C(O)CCCCCCC(=O)O. The Kier molecular flexibility index (Phi) is 9.74. The third-order valence-electron chi connectivity index (χ3n) is 2.60. The minimum absolute atomic E-state index is 0.127. The number of aliphatic carboxylic acids is 2. The lowest BCUT2D eigenvalue weighted by molar-refractivity contribution is -0.138. The zero-order valence-electron chi connectivity index (χ0n) is 12.2. The van der Waals surface area contributed by atoms with Gasteiger partial charge in [-0.15, -0.1) is 0 Å². The Morgan fingerprint density at radius 1 is 1.00 bits per heavy atom. The first kappa shape index (κ1) is 19.4. The van der Waals surface area contributed by atoms with Crippen molar-refractivity contribution in [2.45, 2.75) is 38.5 Å². The van der Waals surface area contributed by atoms with E-state index >= 15 is 0 Å². The van der Waals surface area contributed by atoms with Crippen LogP contribution in [-0.4, -0.2) is 33.0 Å². The van der Waals surface area contributed by atoms with Crippen molar-refractivity contribution in [3.63, 3.8) is 0 Å². The molecule has 0 radical (unpaired) electrons. The zero-order chi connectivity index (χ0) is 17.0. The number of amides is 1. The number of carboxylic acids is 2. The molecular formula is C14H21N3O5. The molecule has 0 saturated heterocycles. The quantitative estimate of drug-likeness (QED) is 0.526. The summed E-state index contributed by atoms with van der Waals surface area (Å²) in [7, 11) is 0. The molecule has 1 aromatic heterocycles. The molecule has 0 aliphatic carbocycles. The van der Waals surface area contributed by atoms with Crippen molar-refractivity contribution < 1.29 is 24.6 Å². The maximum atomic E-state index is 10.5. The number of nitrogen functional groups attached to an aromatic ring is 1. The minimum atomic E-state index is -0.784. The topological polar surface area (TPSA) is 157 Å². The van der Waals surface area contributed by atoms with Gasteiger partial charge >= 0.3 is 11.9 Å². The van der Waals surface area contributed by atoms with Gasteiger partial charge in [-0.1, -0.05) is 12.8 Å². The van der Waals surface area contributed by atoms with E-state index in [9.17, 15) is 14.4 Å². The van der Waals surface area contributed by atoms with E-state index in [1.165, 1.54) is 6.20 Å². The highest BCUT2D eigenvalue weighted by molar-refractivity contribution is 5.95. The summed E-state index contributed by atoms with van der Waals surface area (Å²) in [6, 6.07) is 3.22. The fourth-order valence-corrected chi connectivity index (χ4v) is 1.53. The average Bonchev–Trinajstić information content (AvgIpc) is 2.43. The van der Waals surface area contributed by atoms with Crippen LogP contribution in [0.15, 0.2) is 18.3 Å². The predicted octanol–water partition coefficient (Wildman–Crippen LogP) is 1.26. The van der Waals surface area contributed by atoms with Crippen LogP contribution in [0.1, 0.15) is 49.0 Å². The van der Waals surface area contributed by atoms with Crippen molar-refractivity contribution in [3.8, 4) is 0 Å². The number of primary amides is 1. The van der Waals surface area contributed by atoms with Gasteiger partial charge in [-0.05, 0) is 25.0 Å². The van der Waals surface area contributed by atoms with Gasteiger partial charge in [0.05, 0.1) is 5.69 Å². The van der Waals surface area contributed by atoms with E-state index in [0.29, 0.717) is 18.5 Å².